The van der Waals surface area contributed by atoms with E-state index >= 15 is 0 Å². The molecule has 0 radical (unpaired) electrons. The molecule has 0 bridgehead atoms. The average Bonchev–Trinajstić information content (AvgIpc) is 2.39. The number of hydrogen-bond acceptors (Lipinski definition) is 5. The molecule has 0 amide bonds. The Bertz CT molecular complexity index is 600. The van der Waals surface area contributed by atoms with Crippen LogP contribution in [0.5, 0.6) is 0 Å². The number of rotatable bonds is 5. The first kappa shape index (κ1) is 13.4. The Labute approximate surface area is 109 Å². The first-order valence-corrected chi connectivity index (χ1v) is 5.81. The Hall–Kier alpha value is -2.05. The maximum absolute atomic E-state index is 11.0. The summed E-state index contributed by atoms with van der Waals surface area (Å²) in [5, 5.41) is 21.2. The van der Waals surface area contributed by atoms with Crippen molar-refractivity contribution in [2.75, 3.05) is 13.7 Å². The highest BCUT2D eigenvalue weighted by Gasteiger charge is 2.16. The van der Waals surface area contributed by atoms with Gasteiger partial charge in [0.2, 0.25) is 0 Å². The number of nitrogens with zero attached hydrogens (tertiary/aromatic N) is 2. The van der Waals surface area contributed by atoms with Crippen molar-refractivity contribution in [3.8, 4) is 0 Å². The van der Waals surface area contributed by atoms with Gasteiger partial charge in [-0.25, -0.2) is 0 Å². The Balaban J connectivity index is 2.46. The third-order valence-corrected chi connectivity index (χ3v) is 2.84. The molecule has 2 aromatic rings. The normalized spacial score (nSPS) is 12.5. The van der Waals surface area contributed by atoms with Crippen LogP contribution >= 0.6 is 0 Å². The molecule has 0 spiro atoms. The van der Waals surface area contributed by atoms with Crippen molar-refractivity contribution >= 4 is 16.6 Å². The Morgan fingerprint density at radius 2 is 2.26 bits per heavy atom. The molecule has 0 aliphatic heterocycles. The minimum absolute atomic E-state index is 0.0214. The molecule has 0 saturated carbocycles. The van der Waals surface area contributed by atoms with Gasteiger partial charge in [0.1, 0.15) is 0 Å². The van der Waals surface area contributed by atoms with Crippen molar-refractivity contribution in [1.29, 1.82) is 0 Å². The lowest BCUT2D eigenvalue weighted by molar-refractivity contribution is -0.383. The molecule has 1 atom stereocenters. The number of hydrogen-bond donors (Lipinski definition) is 1. The van der Waals surface area contributed by atoms with Crippen LogP contribution in [-0.4, -0.2) is 34.8 Å². The number of aromatic nitrogens is 1. The summed E-state index contributed by atoms with van der Waals surface area (Å²) in [6.45, 7) is 0.214. The molecule has 100 valence electrons. The standard InChI is InChI=1S/C13H14N2O4/c1-19-8-10(16)7-9-4-5-12(15(17)18)11-3-2-6-14-13(9)11/h2-6,10,16H,7-8H2,1H3. The smallest absolute Gasteiger partial charge is 0.278 e. The summed E-state index contributed by atoms with van der Waals surface area (Å²) in [6.07, 6.45) is 1.27. The second kappa shape index (κ2) is 5.73. The fourth-order valence-electron chi connectivity index (χ4n) is 2.05. The lowest BCUT2D eigenvalue weighted by Gasteiger charge is -2.11. The average molecular weight is 262 g/mol. The molecule has 1 N–H and O–H groups in total. The molecule has 1 aromatic carbocycles. The predicted octanol–water partition coefficient (Wildman–Crippen LogP) is 1.69. The highest BCUT2D eigenvalue weighted by atomic mass is 16.6. The Morgan fingerprint density at radius 3 is 2.95 bits per heavy atom. The van der Waals surface area contributed by atoms with Gasteiger partial charge in [0.15, 0.2) is 0 Å². The van der Waals surface area contributed by atoms with Gasteiger partial charge in [-0.3, -0.25) is 15.1 Å². The fourth-order valence-corrected chi connectivity index (χ4v) is 2.05. The molecule has 6 nitrogen and oxygen atoms in total. The third kappa shape index (κ3) is 2.86. The summed E-state index contributed by atoms with van der Waals surface area (Å²) in [5.41, 5.74) is 1.34. The summed E-state index contributed by atoms with van der Waals surface area (Å²) in [6, 6.07) is 6.39. The summed E-state index contributed by atoms with van der Waals surface area (Å²) in [4.78, 5) is 14.7. The van der Waals surface area contributed by atoms with Gasteiger partial charge in [0.05, 0.1) is 28.5 Å². The van der Waals surface area contributed by atoms with Crippen LogP contribution in [0.1, 0.15) is 5.56 Å². The first-order valence-electron chi connectivity index (χ1n) is 5.81. The van der Waals surface area contributed by atoms with E-state index in [4.69, 9.17) is 4.74 Å². The number of nitro groups is 1. The van der Waals surface area contributed by atoms with Gasteiger partial charge in [-0.2, -0.15) is 0 Å². The van der Waals surface area contributed by atoms with E-state index in [-0.39, 0.29) is 12.3 Å². The van der Waals surface area contributed by atoms with Crippen molar-refractivity contribution in [3.63, 3.8) is 0 Å². The van der Waals surface area contributed by atoms with Gasteiger partial charge in [-0.15, -0.1) is 0 Å². The number of aliphatic hydroxyl groups is 1. The van der Waals surface area contributed by atoms with Crippen LogP contribution in [0.4, 0.5) is 5.69 Å². The Kier molecular flexibility index (Phi) is 4.03. The number of benzene rings is 1. The number of pyridine rings is 1. The van der Waals surface area contributed by atoms with E-state index in [1.165, 1.54) is 13.2 Å². The van der Waals surface area contributed by atoms with Gasteiger partial charge in [0.25, 0.3) is 5.69 Å². The molecule has 0 saturated heterocycles. The van der Waals surface area contributed by atoms with Crippen LogP contribution in [0, 0.1) is 10.1 Å². The van der Waals surface area contributed by atoms with Crippen molar-refractivity contribution in [3.05, 3.63) is 46.1 Å². The third-order valence-electron chi connectivity index (χ3n) is 2.84. The van der Waals surface area contributed by atoms with Crippen molar-refractivity contribution < 1.29 is 14.8 Å². The zero-order valence-electron chi connectivity index (χ0n) is 10.4. The summed E-state index contributed by atoms with van der Waals surface area (Å²) >= 11 is 0. The van der Waals surface area contributed by atoms with Gasteiger partial charge in [0, 0.05) is 25.8 Å². The second-order valence-corrected chi connectivity index (χ2v) is 4.21. The molecular weight excluding hydrogens is 248 g/mol. The summed E-state index contributed by atoms with van der Waals surface area (Å²) in [5.74, 6) is 0. The van der Waals surface area contributed by atoms with Crippen molar-refractivity contribution in [2.24, 2.45) is 0 Å². The fraction of sp³-hybridized carbons (Fsp3) is 0.308. The van der Waals surface area contributed by atoms with Gasteiger partial charge >= 0.3 is 0 Å². The number of non-ortho nitro benzene ring substituents is 1. The molecule has 0 aliphatic rings. The summed E-state index contributed by atoms with van der Waals surface area (Å²) < 4.78 is 4.87. The second-order valence-electron chi connectivity index (χ2n) is 4.21. The SMILES string of the molecule is COCC(O)Cc1ccc([N+](=O)[O-])c2cccnc12. The number of aliphatic hydroxyl groups excluding tert-OH is 1. The molecule has 1 unspecified atom stereocenters. The number of fused-ring (bicyclic) bond motifs is 1. The van der Waals surface area contributed by atoms with E-state index < -0.39 is 11.0 Å². The van der Waals surface area contributed by atoms with E-state index in [1.54, 1.807) is 24.4 Å². The maximum atomic E-state index is 11.0. The van der Waals surface area contributed by atoms with Crippen LogP contribution in [0.2, 0.25) is 0 Å². The molecule has 6 heteroatoms. The van der Waals surface area contributed by atoms with Gasteiger partial charge in [-0.1, -0.05) is 0 Å². The largest absolute Gasteiger partial charge is 0.390 e. The van der Waals surface area contributed by atoms with E-state index in [9.17, 15) is 15.2 Å². The minimum Gasteiger partial charge on any atom is -0.390 e. The number of methoxy groups -OCH3 is 1. The van der Waals surface area contributed by atoms with Crippen molar-refractivity contribution in [2.45, 2.75) is 12.5 Å². The van der Waals surface area contributed by atoms with Crippen LogP contribution in [0.25, 0.3) is 10.9 Å². The van der Waals surface area contributed by atoms with E-state index in [0.717, 1.165) is 5.56 Å². The predicted molar refractivity (Wildman–Crippen MR) is 70.0 cm³/mol. The lowest BCUT2D eigenvalue weighted by atomic mass is 10.0. The Morgan fingerprint density at radius 1 is 1.47 bits per heavy atom. The first-order chi connectivity index (χ1) is 9.13. The van der Waals surface area contributed by atoms with Gasteiger partial charge in [-0.05, 0) is 23.8 Å². The monoisotopic (exact) mass is 262 g/mol. The molecule has 2 rings (SSSR count). The maximum Gasteiger partial charge on any atom is 0.278 e. The topological polar surface area (TPSA) is 85.5 Å². The molecular formula is C13H14N2O4. The van der Waals surface area contributed by atoms with Crippen LogP contribution < -0.4 is 0 Å². The highest BCUT2D eigenvalue weighted by Crippen LogP contribution is 2.27. The zero-order valence-corrected chi connectivity index (χ0v) is 10.4. The summed E-state index contributed by atoms with van der Waals surface area (Å²) in [7, 11) is 1.51. The lowest BCUT2D eigenvalue weighted by Crippen LogP contribution is -2.17. The molecule has 0 fully saturated rings. The van der Waals surface area contributed by atoms with Crippen LogP contribution in [0.15, 0.2) is 30.5 Å². The van der Waals surface area contributed by atoms with E-state index in [0.29, 0.717) is 17.3 Å². The molecule has 19 heavy (non-hydrogen) atoms. The minimum atomic E-state index is -0.656. The van der Waals surface area contributed by atoms with Crippen LogP contribution in [0.3, 0.4) is 0 Å². The molecule has 1 heterocycles. The highest BCUT2D eigenvalue weighted by molar-refractivity contribution is 5.90. The molecule has 0 aliphatic carbocycles. The van der Waals surface area contributed by atoms with Crippen LogP contribution in [-0.2, 0) is 11.2 Å². The van der Waals surface area contributed by atoms with E-state index in [2.05, 4.69) is 4.98 Å². The number of ether oxygens (including phenoxy) is 1. The zero-order chi connectivity index (χ0) is 13.8. The van der Waals surface area contributed by atoms with Gasteiger partial charge < -0.3 is 9.84 Å². The van der Waals surface area contributed by atoms with E-state index in [1.807, 2.05) is 0 Å². The quantitative estimate of drug-likeness (QED) is 0.654. The number of nitro benzene ring substituents is 1. The molecule has 1 aromatic heterocycles. The van der Waals surface area contributed by atoms with Crippen molar-refractivity contribution in [1.82, 2.24) is 4.98 Å².